The largest absolute Gasteiger partial charge is 0.466 e. The van der Waals surface area contributed by atoms with Gasteiger partial charge in [-0.2, -0.15) is 0 Å². The maximum absolute atomic E-state index is 11.5. The predicted molar refractivity (Wildman–Crippen MR) is 74.0 cm³/mol. The molecule has 0 aromatic carbocycles. The Kier molecular flexibility index (Phi) is 6.77. The van der Waals surface area contributed by atoms with Gasteiger partial charge in [0.2, 0.25) is 0 Å². The van der Waals surface area contributed by atoms with Crippen LogP contribution in [0.3, 0.4) is 0 Å². The summed E-state index contributed by atoms with van der Waals surface area (Å²) in [7, 11) is -1.96. The third kappa shape index (κ3) is 5.77. The first-order valence-corrected chi connectivity index (χ1v) is 9.32. The fourth-order valence-electron chi connectivity index (χ4n) is 1.28. The minimum atomic E-state index is -1.96. The lowest BCUT2D eigenvalue weighted by Crippen LogP contribution is -2.44. The molecule has 0 amide bonds. The van der Waals surface area contributed by atoms with Crippen LogP contribution in [-0.2, 0) is 18.8 Å². The summed E-state index contributed by atoms with van der Waals surface area (Å²) in [6.07, 6.45) is 0.837. The topological polar surface area (TPSA) is 52.6 Å². The summed E-state index contributed by atoms with van der Waals surface area (Å²) in [5.74, 6) is -0.303. The van der Waals surface area contributed by atoms with Crippen LogP contribution in [0.1, 0.15) is 40.5 Å². The number of rotatable bonds is 7. The number of carbonyl (C=O) groups excluding carboxylic acids is 2. The fraction of sp³-hybridized carbons (Fsp3) is 0.846. The number of carbonyl (C=O) groups is 2. The first-order valence-electron chi connectivity index (χ1n) is 6.41. The summed E-state index contributed by atoms with van der Waals surface area (Å²) in [5, 5.41) is 0.0583. The van der Waals surface area contributed by atoms with Gasteiger partial charge in [-0.25, -0.2) is 0 Å². The number of hydrogen-bond acceptors (Lipinski definition) is 4. The Labute approximate surface area is 111 Å². The van der Waals surface area contributed by atoms with E-state index in [-0.39, 0.29) is 30.0 Å². The second-order valence-electron chi connectivity index (χ2n) is 5.91. The third-order valence-electron chi connectivity index (χ3n) is 3.33. The van der Waals surface area contributed by atoms with E-state index in [1.807, 2.05) is 0 Å². The van der Waals surface area contributed by atoms with Crippen molar-refractivity contribution in [2.75, 3.05) is 6.61 Å². The van der Waals surface area contributed by atoms with Crippen molar-refractivity contribution in [3.63, 3.8) is 0 Å². The molecule has 0 N–H and O–H groups in total. The lowest BCUT2D eigenvalue weighted by atomic mass is 10.2. The monoisotopic (exact) mass is 274 g/mol. The highest BCUT2D eigenvalue weighted by molar-refractivity contribution is 6.74. The molecule has 1 unspecified atom stereocenters. The van der Waals surface area contributed by atoms with Crippen molar-refractivity contribution < 1.29 is 18.8 Å². The number of aldehydes is 1. The van der Waals surface area contributed by atoms with Gasteiger partial charge in [-0.1, -0.05) is 20.8 Å². The molecule has 0 rings (SSSR count). The van der Waals surface area contributed by atoms with Gasteiger partial charge < -0.3 is 14.0 Å². The molecule has 0 aliphatic carbocycles. The zero-order valence-electron chi connectivity index (χ0n) is 12.4. The Hall–Kier alpha value is -0.683. The van der Waals surface area contributed by atoms with E-state index in [1.165, 1.54) is 0 Å². The minimum absolute atomic E-state index is 0.0583. The molecule has 0 bridgehead atoms. The highest BCUT2D eigenvalue weighted by Crippen LogP contribution is 2.37. The first kappa shape index (κ1) is 17.3. The van der Waals surface area contributed by atoms with Gasteiger partial charge in [0.25, 0.3) is 0 Å². The molecule has 0 aliphatic rings. The molecular formula is C13H26O4Si. The molecule has 0 aromatic rings. The summed E-state index contributed by atoms with van der Waals surface area (Å²) in [5.41, 5.74) is 0. The maximum atomic E-state index is 11.5. The normalized spacial score (nSPS) is 14.1. The van der Waals surface area contributed by atoms with Crippen LogP contribution in [0, 0.1) is 0 Å². The zero-order valence-corrected chi connectivity index (χ0v) is 13.4. The van der Waals surface area contributed by atoms with Crippen molar-refractivity contribution in [2.45, 2.75) is 64.8 Å². The van der Waals surface area contributed by atoms with Gasteiger partial charge >= 0.3 is 5.97 Å². The summed E-state index contributed by atoms with van der Waals surface area (Å²) in [6.45, 7) is 12.7. The van der Waals surface area contributed by atoms with Gasteiger partial charge in [0.1, 0.15) is 6.29 Å². The van der Waals surface area contributed by atoms with Crippen molar-refractivity contribution >= 4 is 20.6 Å². The van der Waals surface area contributed by atoms with Crippen molar-refractivity contribution in [1.29, 1.82) is 0 Å². The average Bonchev–Trinajstić information content (AvgIpc) is 2.15. The summed E-state index contributed by atoms with van der Waals surface area (Å²) >= 11 is 0. The molecule has 0 radical (unpaired) electrons. The van der Waals surface area contributed by atoms with Crippen LogP contribution in [0.25, 0.3) is 0 Å². The number of esters is 1. The van der Waals surface area contributed by atoms with Crippen LogP contribution < -0.4 is 0 Å². The summed E-state index contributed by atoms with van der Waals surface area (Å²) in [6, 6.07) is 0. The average molecular weight is 274 g/mol. The van der Waals surface area contributed by atoms with E-state index >= 15 is 0 Å². The second-order valence-corrected chi connectivity index (χ2v) is 10.7. The van der Waals surface area contributed by atoms with Crippen molar-refractivity contribution in [1.82, 2.24) is 0 Å². The number of hydrogen-bond donors (Lipinski definition) is 0. The lowest BCUT2D eigenvalue weighted by Gasteiger charge is -2.38. The van der Waals surface area contributed by atoms with Crippen molar-refractivity contribution in [3.05, 3.63) is 0 Å². The van der Waals surface area contributed by atoms with Gasteiger partial charge in [-0.3, -0.25) is 4.79 Å². The SMILES string of the molecule is CCOC(=O)CC(CC=O)O[Si](C)(C)C(C)(C)C. The Balaban J connectivity index is 4.62. The van der Waals surface area contributed by atoms with Crippen LogP contribution in [0.2, 0.25) is 18.1 Å². The first-order chi connectivity index (χ1) is 8.14. The highest BCUT2D eigenvalue weighted by Gasteiger charge is 2.39. The van der Waals surface area contributed by atoms with Gasteiger partial charge in [0, 0.05) is 6.42 Å². The number of ether oxygens (including phenoxy) is 1. The van der Waals surface area contributed by atoms with E-state index < -0.39 is 8.32 Å². The Morgan fingerprint density at radius 1 is 1.33 bits per heavy atom. The molecule has 0 aromatic heterocycles. The van der Waals surface area contributed by atoms with Crippen molar-refractivity contribution in [2.24, 2.45) is 0 Å². The minimum Gasteiger partial charge on any atom is -0.466 e. The molecule has 0 aliphatic heterocycles. The molecule has 0 saturated heterocycles. The van der Waals surface area contributed by atoms with E-state index in [2.05, 4.69) is 33.9 Å². The van der Waals surface area contributed by atoms with E-state index in [1.54, 1.807) is 6.92 Å². The molecule has 18 heavy (non-hydrogen) atoms. The molecule has 106 valence electrons. The zero-order chi connectivity index (χ0) is 14.4. The molecule has 0 saturated carbocycles. The quantitative estimate of drug-likeness (QED) is 0.407. The lowest BCUT2D eigenvalue weighted by molar-refractivity contribution is -0.145. The van der Waals surface area contributed by atoms with E-state index in [9.17, 15) is 9.59 Å². The Morgan fingerprint density at radius 3 is 2.28 bits per heavy atom. The summed E-state index contributed by atoms with van der Waals surface area (Å²) in [4.78, 5) is 22.1. The standard InChI is InChI=1S/C13H26O4Si/c1-7-16-12(15)10-11(8-9-14)17-18(5,6)13(2,3)4/h9,11H,7-8,10H2,1-6H3. The van der Waals surface area contributed by atoms with Crippen LogP contribution >= 0.6 is 0 Å². The molecule has 4 nitrogen and oxygen atoms in total. The molecule has 5 heteroatoms. The molecule has 0 spiro atoms. The molecule has 0 fully saturated rings. The van der Waals surface area contributed by atoms with Gasteiger partial charge in [-0.05, 0) is 25.1 Å². The maximum Gasteiger partial charge on any atom is 0.308 e. The third-order valence-corrected chi connectivity index (χ3v) is 7.86. The molecular weight excluding hydrogens is 248 g/mol. The van der Waals surface area contributed by atoms with E-state index in [4.69, 9.17) is 9.16 Å². The second kappa shape index (κ2) is 7.04. The van der Waals surface area contributed by atoms with Crippen molar-refractivity contribution in [3.8, 4) is 0 Å². The summed E-state index contributed by atoms with van der Waals surface area (Å²) < 4.78 is 11.0. The Morgan fingerprint density at radius 2 is 1.89 bits per heavy atom. The van der Waals surface area contributed by atoms with Crippen LogP contribution in [0.4, 0.5) is 0 Å². The van der Waals surface area contributed by atoms with Gasteiger partial charge in [0.15, 0.2) is 8.32 Å². The van der Waals surface area contributed by atoms with Gasteiger partial charge in [-0.15, -0.1) is 0 Å². The Bertz CT molecular complexity index is 281. The van der Waals surface area contributed by atoms with Crippen LogP contribution in [0.15, 0.2) is 0 Å². The predicted octanol–water partition coefficient (Wildman–Crippen LogP) is 2.92. The van der Waals surface area contributed by atoms with E-state index in [0.717, 1.165) is 6.29 Å². The van der Waals surface area contributed by atoms with E-state index in [0.29, 0.717) is 6.61 Å². The van der Waals surface area contributed by atoms with Gasteiger partial charge in [0.05, 0.1) is 19.1 Å². The van der Waals surface area contributed by atoms with Crippen LogP contribution in [0.5, 0.6) is 0 Å². The van der Waals surface area contributed by atoms with Crippen LogP contribution in [-0.4, -0.2) is 33.3 Å². The smallest absolute Gasteiger partial charge is 0.308 e. The fourth-order valence-corrected chi connectivity index (χ4v) is 2.65. The highest BCUT2D eigenvalue weighted by atomic mass is 28.4. The molecule has 0 heterocycles. The molecule has 1 atom stereocenters.